The number of ether oxygens (including phenoxy) is 1. The Hall–Kier alpha value is -4.79. The number of aryl methyl sites for hydroxylation is 2. The minimum absolute atomic E-state index is 0.144. The maximum absolute atomic E-state index is 12.8. The molecule has 0 bridgehead atoms. The van der Waals surface area contributed by atoms with Gasteiger partial charge in [-0.2, -0.15) is 15.6 Å². The summed E-state index contributed by atoms with van der Waals surface area (Å²) in [6.07, 6.45) is 0. The lowest BCUT2D eigenvalue weighted by atomic mass is 9.89. The fraction of sp³-hybridized carbons (Fsp3) is 0.226. The van der Waals surface area contributed by atoms with Crippen LogP contribution in [0.25, 0.3) is 5.69 Å². The largest absolute Gasteiger partial charge is 0.494 e. The van der Waals surface area contributed by atoms with Crippen LogP contribution < -0.4 is 10.1 Å². The van der Waals surface area contributed by atoms with Crippen LogP contribution in [0.15, 0.2) is 54.6 Å². The fourth-order valence-corrected chi connectivity index (χ4v) is 5.00. The number of nitrogens with one attached hydrogen (secondary N) is 1. The van der Waals surface area contributed by atoms with E-state index in [1.54, 1.807) is 47.1 Å². The molecule has 0 spiro atoms. The van der Waals surface area contributed by atoms with Gasteiger partial charge in [0.1, 0.15) is 11.4 Å². The van der Waals surface area contributed by atoms with Crippen LogP contribution in [-0.2, 0) is 0 Å². The number of carboxylic acid groups (broad SMARTS) is 1. The average molecular weight is 554 g/mol. The zero-order valence-electron chi connectivity index (χ0n) is 22.8. The number of carbonyl (C=O) groups is 1. The van der Waals surface area contributed by atoms with E-state index in [1.165, 1.54) is 7.11 Å². The molecule has 9 heteroatoms. The summed E-state index contributed by atoms with van der Waals surface area (Å²) in [7, 11) is 1.51. The summed E-state index contributed by atoms with van der Waals surface area (Å²) >= 11 is 6.35. The Morgan fingerprint density at radius 3 is 2.30 bits per heavy atom. The van der Waals surface area contributed by atoms with Gasteiger partial charge in [-0.15, -0.1) is 0 Å². The number of halogens is 1. The molecule has 0 fully saturated rings. The van der Waals surface area contributed by atoms with Gasteiger partial charge in [-0.3, -0.25) is 0 Å². The first-order valence-corrected chi connectivity index (χ1v) is 12.9. The highest BCUT2D eigenvalue weighted by Gasteiger charge is 2.33. The highest BCUT2D eigenvalue weighted by Crippen LogP contribution is 2.40. The Labute approximate surface area is 238 Å². The molecule has 0 aliphatic rings. The van der Waals surface area contributed by atoms with Crippen molar-refractivity contribution >= 4 is 23.3 Å². The zero-order chi connectivity index (χ0) is 29.1. The number of nitriles is 2. The maximum atomic E-state index is 12.8. The van der Waals surface area contributed by atoms with E-state index in [9.17, 15) is 20.4 Å². The van der Waals surface area contributed by atoms with Crippen molar-refractivity contribution in [3.05, 3.63) is 104 Å². The van der Waals surface area contributed by atoms with Crippen LogP contribution >= 0.6 is 11.6 Å². The highest BCUT2D eigenvalue weighted by molar-refractivity contribution is 6.30. The fourth-order valence-electron chi connectivity index (χ4n) is 4.83. The van der Waals surface area contributed by atoms with Crippen molar-refractivity contribution in [2.24, 2.45) is 0 Å². The third kappa shape index (κ3) is 5.36. The van der Waals surface area contributed by atoms with Crippen LogP contribution in [0.3, 0.4) is 0 Å². The molecule has 4 rings (SSSR count). The lowest BCUT2D eigenvalue weighted by Gasteiger charge is -2.26. The molecule has 0 aliphatic heterocycles. The number of hydrogen-bond donors (Lipinski definition) is 2. The van der Waals surface area contributed by atoms with Gasteiger partial charge < -0.3 is 15.2 Å². The van der Waals surface area contributed by atoms with E-state index in [-0.39, 0.29) is 11.6 Å². The first-order valence-electron chi connectivity index (χ1n) is 12.6. The van der Waals surface area contributed by atoms with Gasteiger partial charge in [-0.25, -0.2) is 9.48 Å². The van der Waals surface area contributed by atoms with Gasteiger partial charge in [-0.05, 0) is 78.9 Å². The van der Waals surface area contributed by atoms with Gasteiger partial charge in [0.25, 0.3) is 0 Å². The Morgan fingerprint density at radius 1 is 1.02 bits per heavy atom. The molecule has 0 amide bonds. The summed E-state index contributed by atoms with van der Waals surface area (Å²) in [5.74, 6) is -0.946. The molecule has 1 aromatic heterocycles. The van der Waals surface area contributed by atoms with Crippen molar-refractivity contribution in [3.8, 4) is 23.6 Å². The summed E-state index contributed by atoms with van der Waals surface area (Å²) in [5, 5.41) is 38.1. The van der Waals surface area contributed by atoms with E-state index >= 15 is 0 Å². The number of anilines is 1. The Balaban J connectivity index is 2.10. The van der Waals surface area contributed by atoms with Crippen LogP contribution in [0.2, 0.25) is 5.02 Å². The summed E-state index contributed by atoms with van der Waals surface area (Å²) in [4.78, 5) is 12.8. The van der Waals surface area contributed by atoms with Crippen LogP contribution in [-0.4, -0.2) is 28.0 Å². The molecule has 1 atom stereocenters. The summed E-state index contributed by atoms with van der Waals surface area (Å²) in [6.45, 7) is 7.73. The Morgan fingerprint density at radius 2 is 1.70 bits per heavy atom. The number of rotatable bonds is 8. The first-order chi connectivity index (χ1) is 19.1. The number of nitrogens with zero attached hydrogens (tertiary/aromatic N) is 4. The lowest BCUT2D eigenvalue weighted by Crippen LogP contribution is -2.19. The molecule has 8 nitrogen and oxygen atoms in total. The zero-order valence-corrected chi connectivity index (χ0v) is 23.5. The minimum Gasteiger partial charge on any atom is -0.494 e. The van der Waals surface area contributed by atoms with Crippen LogP contribution in [0.4, 0.5) is 5.69 Å². The van der Waals surface area contributed by atoms with Gasteiger partial charge in [0.05, 0.1) is 42.1 Å². The average Bonchev–Trinajstić information content (AvgIpc) is 3.34. The third-order valence-corrected chi connectivity index (χ3v) is 6.98. The summed E-state index contributed by atoms with van der Waals surface area (Å²) in [5.41, 5.74) is 5.50. The first kappa shape index (κ1) is 28.2. The van der Waals surface area contributed by atoms with E-state index in [0.29, 0.717) is 38.8 Å². The standard InChI is InChI=1S/C31H28ClN5O3/c1-17(2)30-27(29(31(38)39)36-37(30)25-13-21(16-34)8-11-26(25)40-5)28(23-10-7-20(15-33)12-19(23)4)35-24-14-22(32)9-6-18(24)3/h6-14,17,28,35H,1-5H3,(H,38,39). The molecule has 0 saturated carbocycles. The SMILES string of the molecule is COc1ccc(C#N)cc1-n1nc(C(=O)O)c(C(Nc2cc(Cl)ccc2C)c2ccc(C#N)cc2C)c1C(C)C. The highest BCUT2D eigenvalue weighted by atomic mass is 35.5. The normalized spacial score (nSPS) is 11.5. The predicted octanol–water partition coefficient (Wildman–Crippen LogP) is 6.92. The molecule has 4 aromatic rings. The number of aromatic nitrogens is 2. The van der Waals surface area contributed by atoms with Gasteiger partial charge in [0.15, 0.2) is 5.69 Å². The number of benzene rings is 3. The van der Waals surface area contributed by atoms with Gasteiger partial charge in [-0.1, -0.05) is 37.6 Å². The van der Waals surface area contributed by atoms with Crippen LogP contribution in [0.5, 0.6) is 5.75 Å². The maximum Gasteiger partial charge on any atom is 0.356 e. The quantitative estimate of drug-likeness (QED) is 0.243. The van der Waals surface area contributed by atoms with Gasteiger partial charge >= 0.3 is 5.97 Å². The number of methoxy groups -OCH3 is 1. The molecule has 3 aromatic carbocycles. The molecule has 1 unspecified atom stereocenters. The summed E-state index contributed by atoms with van der Waals surface area (Å²) < 4.78 is 7.14. The smallest absolute Gasteiger partial charge is 0.356 e. The monoisotopic (exact) mass is 553 g/mol. The molecule has 0 radical (unpaired) electrons. The Bertz CT molecular complexity index is 1690. The van der Waals surface area contributed by atoms with E-state index in [0.717, 1.165) is 22.4 Å². The molecule has 202 valence electrons. The van der Waals surface area contributed by atoms with Gasteiger partial charge in [0.2, 0.25) is 0 Å². The van der Waals surface area contributed by atoms with Crippen molar-refractivity contribution in [1.29, 1.82) is 10.5 Å². The van der Waals surface area contributed by atoms with E-state index < -0.39 is 12.0 Å². The molecular weight excluding hydrogens is 526 g/mol. The predicted molar refractivity (Wildman–Crippen MR) is 153 cm³/mol. The van der Waals surface area contributed by atoms with Crippen LogP contribution in [0.1, 0.15) is 75.4 Å². The molecule has 2 N–H and O–H groups in total. The van der Waals surface area contributed by atoms with Crippen molar-refractivity contribution in [2.45, 2.75) is 39.7 Å². The lowest BCUT2D eigenvalue weighted by molar-refractivity contribution is 0.0688. The number of aromatic carboxylic acids is 1. The number of hydrogen-bond acceptors (Lipinski definition) is 6. The van der Waals surface area contributed by atoms with E-state index in [1.807, 2.05) is 39.8 Å². The van der Waals surface area contributed by atoms with E-state index in [2.05, 4.69) is 22.6 Å². The van der Waals surface area contributed by atoms with Crippen molar-refractivity contribution in [2.75, 3.05) is 12.4 Å². The molecule has 0 aliphatic carbocycles. The van der Waals surface area contributed by atoms with Crippen molar-refractivity contribution in [3.63, 3.8) is 0 Å². The second kappa shape index (κ2) is 11.5. The van der Waals surface area contributed by atoms with Crippen LogP contribution in [0, 0.1) is 36.5 Å². The number of carboxylic acids is 1. The molecule has 0 saturated heterocycles. The van der Waals surface area contributed by atoms with Crippen molar-refractivity contribution < 1.29 is 14.6 Å². The second-order valence-electron chi connectivity index (χ2n) is 9.74. The third-order valence-electron chi connectivity index (χ3n) is 6.74. The molecule has 40 heavy (non-hydrogen) atoms. The second-order valence-corrected chi connectivity index (χ2v) is 10.2. The minimum atomic E-state index is -1.20. The molecular formula is C31H28ClN5O3. The molecule has 1 heterocycles. The van der Waals surface area contributed by atoms with Crippen molar-refractivity contribution in [1.82, 2.24) is 9.78 Å². The topological polar surface area (TPSA) is 124 Å². The Kier molecular flexibility index (Phi) is 8.13. The van der Waals surface area contributed by atoms with E-state index in [4.69, 9.17) is 16.3 Å². The van der Waals surface area contributed by atoms with Gasteiger partial charge in [0, 0.05) is 16.3 Å². The summed E-state index contributed by atoms with van der Waals surface area (Å²) in [6, 6.07) is 19.3.